The molecule has 1 aliphatic rings. The van der Waals surface area contributed by atoms with E-state index in [9.17, 15) is 4.79 Å². The summed E-state index contributed by atoms with van der Waals surface area (Å²) in [5.41, 5.74) is 10.7. The van der Waals surface area contributed by atoms with E-state index in [4.69, 9.17) is 16.4 Å². The Bertz CT molecular complexity index is 530. The Morgan fingerprint density at radius 1 is 1.50 bits per heavy atom. The fourth-order valence-corrected chi connectivity index (χ4v) is 1.23. The van der Waals surface area contributed by atoms with Crippen LogP contribution in [-0.2, 0) is 0 Å². The second-order valence-corrected chi connectivity index (χ2v) is 3.01. The van der Waals surface area contributed by atoms with E-state index in [0.717, 1.165) is 0 Å². The minimum atomic E-state index is -0.583. The number of nitrogens with zero attached hydrogens (tertiary/aromatic N) is 2. The van der Waals surface area contributed by atoms with Gasteiger partial charge in [0.2, 0.25) is 0 Å². The highest BCUT2D eigenvalue weighted by Gasteiger charge is 2.19. The lowest BCUT2D eigenvalue weighted by Crippen LogP contribution is -2.38. The number of rotatable bonds is 0. The van der Waals surface area contributed by atoms with Crippen molar-refractivity contribution in [2.75, 3.05) is 11.2 Å². The van der Waals surface area contributed by atoms with E-state index in [1.54, 1.807) is 0 Å². The van der Waals surface area contributed by atoms with Gasteiger partial charge >= 0.3 is 6.03 Å². The number of carbonyl (C=O) groups excluding carboxylic acids is 1. The fraction of sp³-hybridized carbons (Fsp3) is 0. The molecule has 1 aliphatic heterocycles. The summed E-state index contributed by atoms with van der Waals surface area (Å²) in [6, 6.07) is 2.66. The predicted octanol–water partition coefficient (Wildman–Crippen LogP) is -0.499. The van der Waals surface area contributed by atoms with E-state index in [0.29, 0.717) is 5.56 Å². The SMILES string of the molecule is N#Cc1cc2c(nc1N)NNC(=O)NC2=N. The molecule has 1 aromatic heterocycles. The molecule has 6 N–H and O–H groups in total. The maximum atomic E-state index is 11.1. The van der Waals surface area contributed by atoms with Gasteiger partial charge in [-0.25, -0.2) is 15.2 Å². The lowest BCUT2D eigenvalue weighted by molar-refractivity contribution is 0.247. The van der Waals surface area contributed by atoms with Gasteiger partial charge in [0.15, 0.2) is 5.82 Å². The number of nitrogens with one attached hydrogen (secondary N) is 4. The summed E-state index contributed by atoms with van der Waals surface area (Å²) >= 11 is 0. The van der Waals surface area contributed by atoms with Crippen LogP contribution < -0.4 is 21.9 Å². The molecule has 0 aliphatic carbocycles. The smallest absolute Gasteiger partial charge is 0.339 e. The Morgan fingerprint density at radius 2 is 2.25 bits per heavy atom. The Balaban J connectivity index is 2.58. The number of nitrogens with two attached hydrogens (primary N) is 1. The molecule has 0 spiro atoms. The number of amidine groups is 1. The molecule has 2 amide bonds. The molecule has 0 saturated heterocycles. The molecule has 80 valence electrons. The van der Waals surface area contributed by atoms with Gasteiger partial charge in [-0.3, -0.25) is 16.2 Å². The van der Waals surface area contributed by atoms with Crippen molar-refractivity contribution in [1.29, 1.82) is 10.7 Å². The van der Waals surface area contributed by atoms with Gasteiger partial charge in [0.1, 0.15) is 17.7 Å². The maximum Gasteiger partial charge on any atom is 0.339 e. The largest absolute Gasteiger partial charge is 0.383 e. The highest BCUT2D eigenvalue weighted by Crippen LogP contribution is 2.19. The zero-order chi connectivity index (χ0) is 11.7. The number of urea groups is 1. The molecule has 2 heterocycles. The topological polar surface area (TPSA) is 140 Å². The first-order chi connectivity index (χ1) is 7.61. The highest BCUT2D eigenvalue weighted by atomic mass is 16.2. The molecule has 0 atom stereocenters. The predicted molar refractivity (Wildman–Crippen MR) is 55.5 cm³/mol. The molecule has 8 heteroatoms. The first-order valence-electron chi connectivity index (χ1n) is 4.24. The normalized spacial score (nSPS) is 13.7. The molecular weight excluding hydrogens is 210 g/mol. The van der Waals surface area contributed by atoms with Crippen molar-refractivity contribution in [3.63, 3.8) is 0 Å². The van der Waals surface area contributed by atoms with Gasteiger partial charge in [-0.15, -0.1) is 0 Å². The molecule has 0 aromatic carbocycles. The number of aromatic nitrogens is 1. The average molecular weight is 217 g/mol. The highest BCUT2D eigenvalue weighted by molar-refractivity contribution is 6.10. The van der Waals surface area contributed by atoms with Crippen molar-refractivity contribution >= 4 is 23.5 Å². The Kier molecular flexibility index (Phi) is 2.06. The van der Waals surface area contributed by atoms with Crippen LogP contribution >= 0.6 is 0 Å². The number of hydrogen-bond donors (Lipinski definition) is 5. The van der Waals surface area contributed by atoms with Gasteiger partial charge in [-0.05, 0) is 6.07 Å². The quantitative estimate of drug-likeness (QED) is 0.398. The van der Waals surface area contributed by atoms with Gasteiger partial charge in [0, 0.05) is 0 Å². The molecule has 1 aromatic rings. The van der Waals surface area contributed by atoms with Gasteiger partial charge in [-0.1, -0.05) is 0 Å². The van der Waals surface area contributed by atoms with Crippen LogP contribution in [0.1, 0.15) is 11.1 Å². The number of anilines is 2. The van der Waals surface area contributed by atoms with Crippen molar-refractivity contribution in [3.8, 4) is 6.07 Å². The molecule has 0 saturated carbocycles. The van der Waals surface area contributed by atoms with E-state index in [1.807, 2.05) is 6.07 Å². The van der Waals surface area contributed by atoms with Crippen LogP contribution in [0.4, 0.5) is 16.4 Å². The van der Waals surface area contributed by atoms with E-state index in [2.05, 4.69) is 21.2 Å². The number of carbonyl (C=O) groups is 1. The van der Waals surface area contributed by atoms with Crippen LogP contribution in [0.25, 0.3) is 0 Å². The molecule has 0 unspecified atom stereocenters. The summed E-state index contributed by atoms with van der Waals surface area (Å²) in [5, 5.41) is 18.6. The van der Waals surface area contributed by atoms with Crippen molar-refractivity contribution < 1.29 is 4.79 Å². The molecule has 0 fully saturated rings. The van der Waals surface area contributed by atoms with Gasteiger partial charge in [0.25, 0.3) is 0 Å². The van der Waals surface area contributed by atoms with Gasteiger partial charge < -0.3 is 5.73 Å². The van der Waals surface area contributed by atoms with Crippen LogP contribution in [-0.4, -0.2) is 16.9 Å². The summed E-state index contributed by atoms with van der Waals surface area (Å²) < 4.78 is 0. The number of hydrazine groups is 1. The van der Waals surface area contributed by atoms with E-state index >= 15 is 0 Å². The summed E-state index contributed by atoms with van der Waals surface area (Å²) in [6.45, 7) is 0. The molecule has 0 bridgehead atoms. The number of nitrogen functional groups attached to an aromatic ring is 1. The summed E-state index contributed by atoms with van der Waals surface area (Å²) in [5.74, 6) is 0.110. The van der Waals surface area contributed by atoms with Gasteiger partial charge in [0.05, 0.1) is 11.1 Å². The zero-order valence-electron chi connectivity index (χ0n) is 7.96. The van der Waals surface area contributed by atoms with E-state index < -0.39 is 6.03 Å². The number of pyridine rings is 1. The molecule has 0 radical (unpaired) electrons. The number of amides is 2. The maximum absolute atomic E-state index is 11.1. The lowest BCUT2D eigenvalue weighted by Gasteiger charge is -2.07. The van der Waals surface area contributed by atoms with Crippen molar-refractivity contribution in [2.45, 2.75) is 0 Å². The second-order valence-electron chi connectivity index (χ2n) is 3.01. The first kappa shape index (κ1) is 9.72. The van der Waals surface area contributed by atoms with Crippen molar-refractivity contribution in [2.24, 2.45) is 0 Å². The first-order valence-corrected chi connectivity index (χ1v) is 4.24. The summed E-state index contributed by atoms with van der Waals surface area (Å²) in [7, 11) is 0. The molecule has 8 nitrogen and oxygen atoms in total. The van der Waals surface area contributed by atoms with Crippen LogP contribution in [0.3, 0.4) is 0 Å². The van der Waals surface area contributed by atoms with Crippen LogP contribution in [0.5, 0.6) is 0 Å². The third kappa shape index (κ3) is 1.46. The van der Waals surface area contributed by atoms with Crippen LogP contribution in [0, 0.1) is 16.7 Å². The van der Waals surface area contributed by atoms with Crippen LogP contribution in [0.15, 0.2) is 6.07 Å². The van der Waals surface area contributed by atoms with Crippen LogP contribution in [0.2, 0.25) is 0 Å². The van der Waals surface area contributed by atoms with Crippen molar-refractivity contribution in [1.82, 2.24) is 15.7 Å². The zero-order valence-corrected chi connectivity index (χ0v) is 7.96. The minimum absolute atomic E-state index is 0.0395. The summed E-state index contributed by atoms with van der Waals surface area (Å²) in [6.07, 6.45) is 0. The monoisotopic (exact) mass is 217 g/mol. The third-order valence-electron chi connectivity index (χ3n) is 1.97. The fourth-order valence-electron chi connectivity index (χ4n) is 1.23. The number of nitriles is 1. The second kappa shape index (κ2) is 3.39. The van der Waals surface area contributed by atoms with Gasteiger partial charge in [-0.2, -0.15) is 5.26 Å². The third-order valence-corrected chi connectivity index (χ3v) is 1.97. The Labute approximate surface area is 89.9 Å². The minimum Gasteiger partial charge on any atom is -0.383 e. The Hall–Kier alpha value is -2.82. The standard InChI is InChI=1S/C8H7N7O/c9-2-3-1-4-6(11)13-8(16)15-14-7(4)12-5(3)10/h1H,(H3,10,12,14)(H3,11,13,15,16). The Morgan fingerprint density at radius 3 is 2.94 bits per heavy atom. The molecule has 16 heavy (non-hydrogen) atoms. The lowest BCUT2D eigenvalue weighted by atomic mass is 10.1. The summed E-state index contributed by atoms with van der Waals surface area (Å²) in [4.78, 5) is 14.9. The van der Waals surface area contributed by atoms with Crippen molar-refractivity contribution in [3.05, 3.63) is 17.2 Å². The molecule has 2 rings (SSSR count). The average Bonchev–Trinajstić information content (AvgIpc) is 2.38. The number of fused-ring (bicyclic) bond motifs is 1. The van der Waals surface area contributed by atoms with E-state index in [1.165, 1.54) is 6.07 Å². The van der Waals surface area contributed by atoms with E-state index in [-0.39, 0.29) is 23.0 Å². The molecular formula is C8H7N7O. The number of hydrogen-bond acceptors (Lipinski definition) is 6.